The Morgan fingerprint density at radius 1 is 1.23 bits per heavy atom. The van der Waals surface area contributed by atoms with Crippen molar-refractivity contribution >= 4 is 34.3 Å². The first-order chi connectivity index (χ1) is 12.5. The molecule has 0 bridgehead atoms. The summed E-state index contributed by atoms with van der Waals surface area (Å²) in [6.07, 6.45) is 3.75. The maximum absolute atomic E-state index is 13.0. The number of hydrogen-bond acceptors (Lipinski definition) is 3. The van der Waals surface area contributed by atoms with E-state index in [1.165, 1.54) is 23.5 Å². The number of halogens is 1. The Hall–Kier alpha value is -2.44. The summed E-state index contributed by atoms with van der Waals surface area (Å²) in [6.45, 7) is 2.40. The highest BCUT2D eigenvalue weighted by atomic mass is 32.1. The zero-order chi connectivity index (χ0) is 18.5. The predicted octanol–water partition coefficient (Wildman–Crippen LogP) is 4.02. The van der Waals surface area contributed by atoms with E-state index >= 15 is 0 Å². The summed E-state index contributed by atoms with van der Waals surface area (Å²) >= 11 is 6.95. The first-order valence-electron chi connectivity index (χ1n) is 8.12. The fourth-order valence-corrected chi connectivity index (χ4v) is 3.60. The van der Waals surface area contributed by atoms with Crippen molar-refractivity contribution in [3.63, 3.8) is 0 Å². The van der Waals surface area contributed by atoms with Crippen molar-refractivity contribution in [1.82, 2.24) is 5.32 Å². The van der Waals surface area contributed by atoms with Crippen molar-refractivity contribution in [2.45, 2.75) is 19.5 Å². The van der Waals surface area contributed by atoms with E-state index in [9.17, 15) is 9.18 Å². The van der Waals surface area contributed by atoms with Gasteiger partial charge < -0.3 is 5.32 Å². The number of hydrogen-bond donors (Lipinski definition) is 1. The molecule has 2 aromatic heterocycles. The number of thiocarbonyl (C=S) groups is 1. The molecular weight excluding hydrogens is 367 g/mol. The molecule has 1 aromatic carbocycles. The maximum atomic E-state index is 13.0. The number of benzene rings is 1. The number of Topliss-reactive ketones (excluding diaryl/α,β-unsaturated/α-hetero) is 1. The van der Waals surface area contributed by atoms with Gasteiger partial charge in [0.2, 0.25) is 5.78 Å². The number of carbonyl (C=O) groups is 1. The third kappa shape index (κ3) is 4.39. The van der Waals surface area contributed by atoms with E-state index < -0.39 is 6.04 Å². The van der Waals surface area contributed by atoms with Gasteiger partial charge in [-0.3, -0.25) is 4.79 Å². The number of thiophene rings is 1. The van der Waals surface area contributed by atoms with Crippen molar-refractivity contribution in [2.24, 2.45) is 0 Å². The standard InChI is InChI=1S/C20H17FN2OS2/c1-14-4-2-10-23(13-14)18(19(24)17-5-3-11-26-17)20(25)22-12-15-6-8-16(21)9-7-15/h2-11,13,18H,12H2,1H3/p+1/t18-/m1/s1. The first-order valence-corrected chi connectivity index (χ1v) is 9.40. The second-order valence-corrected chi connectivity index (χ2v) is 7.30. The second kappa shape index (κ2) is 8.29. The zero-order valence-corrected chi connectivity index (χ0v) is 15.8. The molecule has 3 nitrogen and oxygen atoms in total. The molecule has 0 aliphatic heterocycles. The molecule has 26 heavy (non-hydrogen) atoms. The van der Waals surface area contributed by atoms with Gasteiger partial charge in [-0.1, -0.05) is 30.4 Å². The highest BCUT2D eigenvalue weighted by Gasteiger charge is 2.33. The molecule has 3 aromatic rings. The smallest absolute Gasteiger partial charge is 0.271 e. The number of aryl methyl sites for hydroxylation is 1. The predicted molar refractivity (Wildman–Crippen MR) is 105 cm³/mol. The Morgan fingerprint density at radius 2 is 2.00 bits per heavy atom. The van der Waals surface area contributed by atoms with Crippen molar-refractivity contribution in [1.29, 1.82) is 0 Å². The van der Waals surface area contributed by atoms with Gasteiger partial charge in [0.1, 0.15) is 5.82 Å². The normalized spacial score (nSPS) is 11.8. The van der Waals surface area contributed by atoms with Gasteiger partial charge >= 0.3 is 0 Å². The highest BCUT2D eigenvalue weighted by Crippen LogP contribution is 2.16. The molecule has 0 amide bonds. The summed E-state index contributed by atoms with van der Waals surface area (Å²) in [7, 11) is 0. The summed E-state index contributed by atoms with van der Waals surface area (Å²) in [6, 6.07) is 13.1. The molecule has 2 heterocycles. The van der Waals surface area contributed by atoms with Crippen LogP contribution in [0.3, 0.4) is 0 Å². The van der Waals surface area contributed by atoms with Gasteiger partial charge in [-0.2, -0.15) is 4.57 Å². The summed E-state index contributed by atoms with van der Waals surface area (Å²) in [5.74, 6) is -0.329. The average Bonchev–Trinajstić information content (AvgIpc) is 3.16. The quantitative estimate of drug-likeness (QED) is 0.395. The topological polar surface area (TPSA) is 33.0 Å². The number of nitrogens with zero attached hydrogens (tertiary/aromatic N) is 1. The molecule has 6 heteroatoms. The molecule has 132 valence electrons. The fraction of sp³-hybridized carbons (Fsp3) is 0.150. The summed E-state index contributed by atoms with van der Waals surface area (Å²) in [4.78, 5) is 14.1. The molecule has 3 rings (SSSR count). The third-order valence-electron chi connectivity index (χ3n) is 3.91. The monoisotopic (exact) mass is 385 g/mol. The minimum Gasteiger partial charge on any atom is -0.370 e. The van der Waals surface area contributed by atoms with Gasteiger partial charge in [-0.15, -0.1) is 11.3 Å². The van der Waals surface area contributed by atoms with Crippen LogP contribution < -0.4 is 9.88 Å². The lowest BCUT2D eigenvalue weighted by Gasteiger charge is -2.14. The van der Waals surface area contributed by atoms with Crippen LogP contribution in [0.1, 0.15) is 26.8 Å². The number of rotatable bonds is 6. The SMILES string of the molecule is Cc1ccc[n+]([C@H](C(=O)c2cccs2)C(=S)NCc2ccc(F)cc2)c1. The Kier molecular flexibility index (Phi) is 5.85. The molecular formula is C20H18FN2OS2+. The average molecular weight is 386 g/mol. The summed E-state index contributed by atoms with van der Waals surface area (Å²) in [5, 5.41) is 5.03. The number of ketones is 1. The largest absolute Gasteiger partial charge is 0.370 e. The van der Waals surface area contributed by atoms with Crippen molar-refractivity contribution < 1.29 is 13.8 Å². The van der Waals surface area contributed by atoms with Crippen LogP contribution >= 0.6 is 23.6 Å². The molecule has 0 spiro atoms. The van der Waals surface area contributed by atoms with Crippen LogP contribution in [0.5, 0.6) is 0 Å². The third-order valence-corrected chi connectivity index (χ3v) is 5.16. The summed E-state index contributed by atoms with van der Waals surface area (Å²) < 4.78 is 14.9. The van der Waals surface area contributed by atoms with Gasteiger partial charge in [0.25, 0.3) is 6.04 Å². The van der Waals surface area contributed by atoms with Gasteiger partial charge in [0.05, 0.1) is 4.88 Å². The van der Waals surface area contributed by atoms with Gasteiger partial charge in [0, 0.05) is 18.2 Å². The van der Waals surface area contributed by atoms with Gasteiger partial charge in [0.15, 0.2) is 17.4 Å². The first kappa shape index (κ1) is 18.4. The van der Waals surface area contributed by atoms with E-state index in [0.717, 1.165) is 11.1 Å². The van der Waals surface area contributed by atoms with Crippen molar-refractivity contribution in [2.75, 3.05) is 0 Å². The van der Waals surface area contributed by atoms with Crippen LogP contribution in [-0.2, 0) is 6.54 Å². The van der Waals surface area contributed by atoms with E-state index in [2.05, 4.69) is 5.32 Å². The minimum absolute atomic E-state index is 0.0489. The molecule has 0 saturated carbocycles. The van der Waals surface area contributed by atoms with Gasteiger partial charge in [-0.05, 0) is 42.1 Å². The van der Waals surface area contributed by atoms with Crippen molar-refractivity contribution in [3.05, 3.63) is 88.1 Å². The Morgan fingerprint density at radius 3 is 2.65 bits per heavy atom. The fourth-order valence-electron chi connectivity index (χ4n) is 2.61. The van der Waals surface area contributed by atoms with Crippen molar-refractivity contribution in [3.8, 4) is 0 Å². The molecule has 0 fully saturated rings. The van der Waals surface area contributed by atoms with Crippen LogP contribution in [0.4, 0.5) is 4.39 Å². The van der Waals surface area contributed by atoms with Crippen LogP contribution in [0, 0.1) is 12.7 Å². The van der Waals surface area contributed by atoms with Crippen LogP contribution in [0.25, 0.3) is 0 Å². The van der Waals surface area contributed by atoms with Crippen LogP contribution in [0.2, 0.25) is 0 Å². The molecule has 1 N–H and O–H groups in total. The van der Waals surface area contributed by atoms with E-state index in [-0.39, 0.29) is 11.6 Å². The zero-order valence-electron chi connectivity index (χ0n) is 14.2. The molecule has 0 aliphatic rings. The molecule has 0 radical (unpaired) electrons. The second-order valence-electron chi connectivity index (χ2n) is 5.92. The molecule has 1 atom stereocenters. The number of carbonyl (C=O) groups excluding carboxylic acids is 1. The van der Waals surface area contributed by atoms with E-state index in [1.54, 1.807) is 18.2 Å². The van der Waals surface area contributed by atoms with E-state index in [0.29, 0.717) is 16.4 Å². The van der Waals surface area contributed by atoms with Crippen LogP contribution in [0.15, 0.2) is 66.3 Å². The van der Waals surface area contributed by atoms with E-state index in [1.807, 2.05) is 47.5 Å². The Bertz CT molecular complexity index is 908. The lowest BCUT2D eigenvalue weighted by molar-refractivity contribution is -0.692. The minimum atomic E-state index is -0.621. The number of pyridine rings is 1. The maximum Gasteiger partial charge on any atom is 0.271 e. The molecule has 0 saturated heterocycles. The van der Waals surface area contributed by atoms with E-state index in [4.69, 9.17) is 12.2 Å². The number of aromatic nitrogens is 1. The highest BCUT2D eigenvalue weighted by molar-refractivity contribution is 7.80. The molecule has 0 unspecified atom stereocenters. The Labute approximate surface area is 161 Å². The molecule has 0 aliphatic carbocycles. The summed E-state index contributed by atoms with van der Waals surface area (Å²) in [5.41, 5.74) is 1.93. The Balaban J connectivity index is 1.83. The van der Waals surface area contributed by atoms with Crippen LogP contribution in [-0.4, -0.2) is 10.8 Å². The van der Waals surface area contributed by atoms with Gasteiger partial charge in [-0.25, -0.2) is 4.39 Å². The lowest BCUT2D eigenvalue weighted by atomic mass is 10.1. The number of nitrogens with one attached hydrogen (secondary N) is 1. The lowest BCUT2D eigenvalue weighted by Crippen LogP contribution is -2.51.